The first kappa shape index (κ1) is 15.4. The molecule has 0 aromatic rings. The van der Waals surface area contributed by atoms with Crippen molar-refractivity contribution in [2.45, 2.75) is 45.2 Å². The second-order valence-electron chi connectivity index (χ2n) is 5.15. The van der Waals surface area contributed by atoms with Crippen LogP contribution in [0.5, 0.6) is 0 Å². The molecule has 0 saturated carbocycles. The van der Waals surface area contributed by atoms with Crippen molar-refractivity contribution < 1.29 is 15.0 Å². The third kappa shape index (κ3) is 4.23. The number of piperidine rings is 1. The van der Waals surface area contributed by atoms with Crippen LogP contribution in [0, 0.1) is 0 Å². The summed E-state index contributed by atoms with van der Waals surface area (Å²) in [6, 6.07) is 0.595. The second kappa shape index (κ2) is 7.71. The molecular weight excluding hydrogens is 232 g/mol. The van der Waals surface area contributed by atoms with E-state index < -0.39 is 0 Å². The first-order chi connectivity index (χ1) is 8.60. The Morgan fingerprint density at radius 1 is 1.17 bits per heavy atom. The maximum Gasteiger partial charge on any atom is 0.237 e. The van der Waals surface area contributed by atoms with Crippen LogP contribution in [0.1, 0.15) is 33.1 Å². The van der Waals surface area contributed by atoms with Gasteiger partial charge >= 0.3 is 0 Å². The van der Waals surface area contributed by atoms with Gasteiger partial charge in [-0.25, -0.2) is 0 Å². The summed E-state index contributed by atoms with van der Waals surface area (Å²) in [6.45, 7) is 5.37. The van der Waals surface area contributed by atoms with Gasteiger partial charge in [-0.1, -0.05) is 0 Å². The molecule has 5 heteroatoms. The van der Waals surface area contributed by atoms with Gasteiger partial charge in [0.05, 0.1) is 19.8 Å². The maximum absolute atomic E-state index is 12.3. The van der Waals surface area contributed by atoms with E-state index in [2.05, 4.69) is 13.8 Å². The van der Waals surface area contributed by atoms with E-state index in [9.17, 15) is 4.79 Å². The minimum atomic E-state index is 0.0123. The van der Waals surface area contributed by atoms with Crippen molar-refractivity contribution in [3.05, 3.63) is 0 Å². The van der Waals surface area contributed by atoms with Crippen LogP contribution in [0.4, 0.5) is 0 Å². The number of likely N-dealkylation sites (tertiary alicyclic amines) is 1. The molecular formula is C13H26N2O3. The number of aliphatic hydroxyl groups is 2. The monoisotopic (exact) mass is 258 g/mol. The molecule has 1 amide bonds. The number of hydrogen-bond donors (Lipinski definition) is 2. The Bertz CT molecular complexity index is 245. The summed E-state index contributed by atoms with van der Waals surface area (Å²) < 4.78 is 0. The summed E-state index contributed by atoms with van der Waals surface area (Å²) in [5, 5.41) is 17.9. The van der Waals surface area contributed by atoms with E-state index in [4.69, 9.17) is 10.2 Å². The van der Waals surface area contributed by atoms with Gasteiger partial charge in [-0.2, -0.15) is 0 Å². The Morgan fingerprint density at radius 2 is 1.67 bits per heavy atom. The number of nitrogens with zero attached hydrogens (tertiary/aromatic N) is 2. The van der Waals surface area contributed by atoms with Gasteiger partial charge < -0.3 is 15.1 Å². The zero-order valence-electron chi connectivity index (χ0n) is 11.5. The molecule has 1 aliphatic rings. The summed E-state index contributed by atoms with van der Waals surface area (Å²) in [5.41, 5.74) is 0. The van der Waals surface area contributed by atoms with Crippen LogP contribution in [0.2, 0.25) is 0 Å². The summed E-state index contributed by atoms with van der Waals surface area (Å²) >= 11 is 0. The van der Waals surface area contributed by atoms with E-state index in [1.807, 2.05) is 4.90 Å². The molecule has 18 heavy (non-hydrogen) atoms. The van der Waals surface area contributed by atoms with Crippen LogP contribution < -0.4 is 0 Å². The fourth-order valence-corrected chi connectivity index (χ4v) is 2.74. The van der Waals surface area contributed by atoms with E-state index in [-0.39, 0.29) is 25.7 Å². The molecule has 5 nitrogen and oxygen atoms in total. The minimum absolute atomic E-state index is 0.0123. The van der Waals surface area contributed by atoms with Gasteiger partial charge in [-0.15, -0.1) is 0 Å². The molecule has 2 atom stereocenters. The van der Waals surface area contributed by atoms with E-state index in [0.717, 1.165) is 12.8 Å². The van der Waals surface area contributed by atoms with Crippen molar-refractivity contribution >= 4 is 5.91 Å². The van der Waals surface area contributed by atoms with Crippen molar-refractivity contribution in [1.29, 1.82) is 0 Å². The molecule has 1 saturated heterocycles. The van der Waals surface area contributed by atoms with Crippen molar-refractivity contribution in [2.24, 2.45) is 0 Å². The van der Waals surface area contributed by atoms with Crippen LogP contribution in [0.25, 0.3) is 0 Å². The average molecular weight is 258 g/mol. The highest BCUT2D eigenvalue weighted by molar-refractivity contribution is 5.79. The van der Waals surface area contributed by atoms with Crippen molar-refractivity contribution in [2.75, 3.05) is 32.8 Å². The van der Waals surface area contributed by atoms with Crippen LogP contribution in [0.15, 0.2) is 0 Å². The Labute approximate surface area is 109 Å². The minimum Gasteiger partial charge on any atom is -0.395 e. The van der Waals surface area contributed by atoms with Crippen LogP contribution in [0.3, 0.4) is 0 Å². The lowest BCUT2D eigenvalue weighted by Crippen LogP contribution is -2.51. The molecule has 2 N–H and O–H groups in total. The summed E-state index contributed by atoms with van der Waals surface area (Å²) in [7, 11) is 0. The number of aliphatic hydroxyl groups excluding tert-OH is 2. The molecule has 0 bridgehead atoms. The average Bonchev–Trinajstić information content (AvgIpc) is 2.29. The van der Waals surface area contributed by atoms with E-state index in [0.29, 0.717) is 25.2 Å². The van der Waals surface area contributed by atoms with Crippen LogP contribution >= 0.6 is 0 Å². The van der Waals surface area contributed by atoms with Crippen molar-refractivity contribution in [1.82, 2.24) is 9.80 Å². The molecule has 1 fully saturated rings. The Hall–Kier alpha value is -0.650. The number of hydrogen-bond acceptors (Lipinski definition) is 4. The standard InChI is InChI=1S/C13H26N2O3/c1-11-4-3-5-12(2)15(11)13(18)10-14(6-8-16)7-9-17/h11-12,16-17H,3-10H2,1-2H3. The van der Waals surface area contributed by atoms with E-state index in [1.54, 1.807) is 4.90 Å². The quantitative estimate of drug-likeness (QED) is 0.707. The van der Waals surface area contributed by atoms with Gasteiger partial charge in [0.25, 0.3) is 0 Å². The molecule has 1 aliphatic heterocycles. The molecule has 0 aromatic heterocycles. The van der Waals surface area contributed by atoms with E-state index in [1.165, 1.54) is 6.42 Å². The molecule has 2 unspecified atom stereocenters. The molecule has 1 rings (SSSR count). The van der Waals surface area contributed by atoms with Gasteiger partial charge in [0, 0.05) is 25.2 Å². The summed E-state index contributed by atoms with van der Waals surface area (Å²) in [5.74, 6) is 0.108. The number of rotatable bonds is 6. The highest BCUT2D eigenvalue weighted by Crippen LogP contribution is 2.22. The van der Waals surface area contributed by atoms with Crippen LogP contribution in [-0.4, -0.2) is 70.9 Å². The highest BCUT2D eigenvalue weighted by Gasteiger charge is 2.29. The molecule has 0 radical (unpaired) electrons. The number of carbonyl (C=O) groups excluding carboxylic acids is 1. The molecule has 0 spiro atoms. The maximum atomic E-state index is 12.3. The number of carbonyl (C=O) groups is 1. The normalized spacial score (nSPS) is 24.6. The molecule has 0 aliphatic carbocycles. The topological polar surface area (TPSA) is 64.0 Å². The first-order valence-corrected chi connectivity index (χ1v) is 6.85. The third-order valence-corrected chi connectivity index (χ3v) is 3.67. The summed E-state index contributed by atoms with van der Waals surface area (Å²) in [6.07, 6.45) is 3.31. The predicted octanol–water partition coefficient (Wildman–Crippen LogP) is 0.0625. The van der Waals surface area contributed by atoms with Gasteiger partial charge in [0.15, 0.2) is 0 Å². The highest BCUT2D eigenvalue weighted by atomic mass is 16.3. The predicted molar refractivity (Wildman–Crippen MR) is 70.2 cm³/mol. The second-order valence-corrected chi connectivity index (χ2v) is 5.15. The van der Waals surface area contributed by atoms with Gasteiger partial charge in [-0.05, 0) is 33.1 Å². The zero-order valence-corrected chi connectivity index (χ0v) is 11.5. The molecule has 1 heterocycles. The Balaban J connectivity index is 2.55. The Morgan fingerprint density at radius 3 is 2.11 bits per heavy atom. The summed E-state index contributed by atoms with van der Waals surface area (Å²) in [4.78, 5) is 16.1. The molecule has 0 aromatic carbocycles. The number of amides is 1. The zero-order chi connectivity index (χ0) is 13.5. The van der Waals surface area contributed by atoms with Gasteiger partial charge in [-0.3, -0.25) is 9.69 Å². The van der Waals surface area contributed by atoms with Crippen LogP contribution in [-0.2, 0) is 4.79 Å². The fraction of sp³-hybridized carbons (Fsp3) is 0.923. The fourth-order valence-electron chi connectivity index (χ4n) is 2.74. The SMILES string of the molecule is CC1CCCC(C)N1C(=O)CN(CCO)CCO. The lowest BCUT2D eigenvalue weighted by molar-refractivity contribution is -0.138. The Kier molecular flexibility index (Phi) is 6.60. The van der Waals surface area contributed by atoms with E-state index >= 15 is 0 Å². The molecule has 106 valence electrons. The third-order valence-electron chi connectivity index (χ3n) is 3.67. The lowest BCUT2D eigenvalue weighted by atomic mass is 9.97. The van der Waals surface area contributed by atoms with Crippen molar-refractivity contribution in [3.8, 4) is 0 Å². The largest absolute Gasteiger partial charge is 0.395 e. The van der Waals surface area contributed by atoms with Gasteiger partial charge in [0.1, 0.15) is 0 Å². The lowest BCUT2D eigenvalue weighted by Gasteiger charge is -2.40. The van der Waals surface area contributed by atoms with Crippen molar-refractivity contribution in [3.63, 3.8) is 0 Å². The first-order valence-electron chi connectivity index (χ1n) is 6.85. The van der Waals surface area contributed by atoms with Gasteiger partial charge in [0.2, 0.25) is 5.91 Å². The smallest absolute Gasteiger partial charge is 0.237 e.